The van der Waals surface area contributed by atoms with Crippen molar-refractivity contribution in [2.45, 2.75) is 32.2 Å². The zero-order valence-electron chi connectivity index (χ0n) is 13.6. The topological polar surface area (TPSA) is 71.1 Å². The van der Waals surface area contributed by atoms with Gasteiger partial charge in [-0.2, -0.15) is 15.4 Å². The Hall–Kier alpha value is -1.49. The van der Waals surface area contributed by atoms with Crippen molar-refractivity contribution in [3.8, 4) is 0 Å². The molecule has 0 unspecified atom stereocenters. The first kappa shape index (κ1) is 17.3. The molecule has 1 aromatic heterocycles. The van der Waals surface area contributed by atoms with Gasteiger partial charge in [0.25, 0.3) is 0 Å². The van der Waals surface area contributed by atoms with Gasteiger partial charge in [0.15, 0.2) is 0 Å². The first-order valence-electron chi connectivity index (χ1n) is 7.59. The Balaban J connectivity index is 1.76. The van der Waals surface area contributed by atoms with E-state index in [1.165, 1.54) is 11.0 Å². The van der Waals surface area contributed by atoms with E-state index in [-0.39, 0.29) is 11.9 Å². The molecule has 1 atom stereocenters. The monoisotopic (exact) mass is 460 g/mol. The fourth-order valence-electron chi connectivity index (χ4n) is 2.70. The SMILES string of the molecule is C[Si](C)(C)c1n[nH]nc1C[C@@H]1CN(c2ccc(I)c(F)c2)C(=O)O1. The summed E-state index contributed by atoms with van der Waals surface area (Å²) in [4.78, 5) is 13.6. The predicted octanol–water partition coefficient (Wildman–Crippen LogP) is 2.66. The number of nitrogens with zero attached hydrogens (tertiary/aromatic N) is 3. The molecule has 9 heteroatoms. The van der Waals surface area contributed by atoms with Gasteiger partial charge in [-0.05, 0) is 40.8 Å². The zero-order valence-corrected chi connectivity index (χ0v) is 16.8. The lowest BCUT2D eigenvalue weighted by atomic mass is 10.2. The average Bonchev–Trinajstić information content (AvgIpc) is 3.09. The maximum atomic E-state index is 13.7. The third-order valence-corrected chi connectivity index (χ3v) is 6.54. The molecular weight excluding hydrogens is 442 g/mol. The Labute approximate surface area is 153 Å². The van der Waals surface area contributed by atoms with Crippen LogP contribution in [0, 0.1) is 9.39 Å². The normalized spacial score (nSPS) is 18.1. The Kier molecular flexibility index (Phi) is 4.64. The van der Waals surface area contributed by atoms with Crippen LogP contribution in [-0.2, 0) is 11.2 Å². The number of benzene rings is 1. The zero-order chi connectivity index (χ0) is 17.5. The van der Waals surface area contributed by atoms with E-state index in [0.717, 1.165) is 11.0 Å². The molecule has 1 aliphatic rings. The van der Waals surface area contributed by atoms with Crippen molar-refractivity contribution in [3.63, 3.8) is 0 Å². The van der Waals surface area contributed by atoms with E-state index in [2.05, 4.69) is 35.1 Å². The molecule has 0 bridgehead atoms. The number of carbonyl (C=O) groups is 1. The second kappa shape index (κ2) is 6.43. The number of aromatic nitrogens is 3. The van der Waals surface area contributed by atoms with E-state index in [0.29, 0.717) is 22.2 Å². The van der Waals surface area contributed by atoms with Gasteiger partial charge in [0.05, 0.1) is 23.2 Å². The fraction of sp³-hybridized carbons (Fsp3) is 0.400. The summed E-state index contributed by atoms with van der Waals surface area (Å²) in [6, 6.07) is 4.72. The highest BCUT2D eigenvalue weighted by Crippen LogP contribution is 2.25. The number of anilines is 1. The van der Waals surface area contributed by atoms with E-state index < -0.39 is 14.2 Å². The molecule has 1 fully saturated rings. The second-order valence-electron chi connectivity index (χ2n) is 6.79. The molecule has 2 aromatic rings. The molecule has 6 nitrogen and oxygen atoms in total. The lowest BCUT2D eigenvalue weighted by molar-refractivity contribution is 0.141. The second-order valence-corrected chi connectivity index (χ2v) is 12.9. The molecule has 0 radical (unpaired) electrons. The Morgan fingerprint density at radius 1 is 1.42 bits per heavy atom. The lowest BCUT2D eigenvalue weighted by Gasteiger charge is -2.15. The molecule has 0 aliphatic carbocycles. The number of halogens is 2. The summed E-state index contributed by atoms with van der Waals surface area (Å²) in [5, 5.41) is 12.2. The van der Waals surface area contributed by atoms with Crippen LogP contribution >= 0.6 is 22.6 Å². The molecule has 1 aliphatic heterocycles. The van der Waals surface area contributed by atoms with E-state index in [4.69, 9.17) is 4.74 Å². The quantitative estimate of drug-likeness (QED) is 0.563. The van der Waals surface area contributed by atoms with Crippen LogP contribution in [0.5, 0.6) is 0 Å². The Bertz CT molecular complexity index is 777. The molecule has 128 valence electrons. The molecule has 1 saturated heterocycles. The number of ether oxygens (including phenoxy) is 1. The number of cyclic esters (lactones) is 1. The van der Waals surface area contributed by atoms with Crippen molar-refractivity contribution in [1.82, 2.24) is 15.4 Å². The molecule has 1 aromatic carbocycles. The van der Waals surface area contributed by atoms with Crippen molar-refractivity contribution in [1.29, 1.82) is 0 Å². The van der Waals surface area contributed by atoms with E-state index in [1.807, 2.05) is 22.6 Å². The molecule has 1 N–H and O–H groups in total. The summed E-state index contributed by atoms with van der Waals surface area (Å²) in [5.74, 6) is -0.345. The van der Waals surface area contributed by atoms with Crippen LogP contribution in [0.25, 0.3) is 0 Å². The molecule has 0 saturated carbocycles. The van der Waals surface area contributed by atoms with E-state index in [1.54, 1.807) is 12.1 Å². The number of H-pyrrole nitrogens is 1. The van der Waals surface area contributed by atoms with Crippen LogP contribution in [0.2, 0.25) is 19.6 Å². The van der Waals surface area contributed by atoms with Crippen molar-refractivity contribution < 1.29 is 13.9 Å². The Morgan fingerprint density at radius 3 is 2.83 bits per heavy atom. The smallest absolute Gasteiger partial charge is 0.414 e. The lowest BCUT2D eigenvalue weighted by Crippen LogP contribution is -2.42. The molecule has 24 heavy (non-hydrogen) atoms. The number of nitrogens with one attached hydrogen (secondary N) is 1. The van der Waals surface area contributed by atoms with Gasteiger partial charge in [-0.25, -0.2) is 9.18 Å². The van der Waals surface area contributed by atoms with Crippen molar-refractivity contribution in [2.24, 2.45) is 0 Å². The van der Waals surface area contributed by atoms with Gasteiger partial charge in [0, 0.05) is 9.99 Å². The van der Waals surface area contributed by atoms with Gasteiger partial charge in [-0.3, -0.25) is 4.90 Å². The molecule has 3 rings (SSSR count). The third kappa shape index (κ3) is 3.46. The van der Waals surface area contributed by atoms with Crippen LogP contribution in [0.3, 0.4) is 0 Å². The Morgan fingerprint density at radius 2 is 2.17 bits per heavy atom. The minimum atomic E-state index is -1.62. The summed E-state index contributed by atoms with van der Waals surface area (Å²) >= 11 is 1.91. The predicted molar refractivity (Wildman–Crippen MR) is 99.8 cm³/mol. The van der Waals surface area contributed by atoms with Crippen LogP contribution in [0.1, 0.15) is 5.69 Å². The van der Waals surface area contributed by atoms with E-state index >= 15 is 0 Å². The van der Waals surface area contributed by atoms with Gasteiger partial charge in [-0.1, -0.05) is 19.6 Å². The standard InChI is InChI=1S/C15H18FIN4O2Si/c1-24(2,3)14-13(18-20-19-14)7-10-8-21(15(22)23-10)9-4-5-12(17)11(16)6-9/h4-6,10H,7-8H2,1-3H3,(H,18,19,20)/t10-/m1/s1. The summed E-state index contributed by atoms with van der Waals surface area (Å²) in [5.41, 5.74) is 1.36. The van der Waals surface area contributed by atoms with Gasteiger partial charge >= 0.3 is 6.09 Å². The van der Waals surface area contributed by atoms with Crippen molar-refractivity contribution >= 4 is 47.8 Å². The summed E-state index contributed by atoms with van der Waals surface area (Å²) < 4.78 is 19.7. The van der Waals surface area contributed by atoms with Crippen molar-refractivity contribution in [2.75, 3.05) is 11.4 Å². The number of amides is 1. The minimum absolute atomic E-state index is 0.319. The number of aromatic amines is 1. The first-order valence-corrected chi connectivity index (χ1v) is 12.2. The van der Waals surface area contributed by atoms with Gasteiger partial charge < -0.3 is 4.74 Å². The molecule has 1 amide bonds. The van der Waals surface area contributed by atoms with E-state index in [9.17, 15) is 9.18 Å². The number of rotatable bonds is 4. The highest BCUT2D eigenvalue weighted by Gasteiger charge is 2.35. The van der Waals surface area contributed by atoms with Crippen molar-refractivity contribution in [3.05, 3.63) is 33.3 Å². The third-order valence-electron chi connectivity index (χ3n) is 3.84. The number of hydrogen-bond donors (Lipinski definition) is 1. The van der Waals surface area contributed by atoms with Crippen LogP contribution in [-0.4, -0.2) is 42.2 Å². The molecule has 0 spiro atoms. The summed E-state index contributed by atoms with van der Waals surface area (Å²) in [6.07, 6.45) is -0.274. The highest BCUT2D eigenvalue weighted by atomic mass is 127. The first-order chi connectivity index (χ1) is 11.3. The fourth-order valence-corrected chi connectivity index (χ4v) is 4.45. The summed E-state index contributed by atoms with van der Waals surface area (Å²) in [7, 11) is -1.62. The van der Waals surface area contributed by atoms with Gasteiger partial charge in [0.2, 0.25) is 0 Å². The minimum Gasteiger partial charge on any atom is -0.444 e. The maximum Gasteiger partial charge on any atom is 0.414 e. The summed E-state index contributed by atoms with van der Waals surface area (Å²) in [6.45, 7) is 6.94. The number of carbonyl (C=O) groups excluding carboxylic acids is 1. The highest BCUT2D eigenvalue weighted by molar-refractivity contribution is 14.1. The van der Waals surface area contributed by atoms with Crippen LogP contribution < -0.4 is 10.2 Å². The van der Waals surface area contributed by atoms with Crippen LogP contribution in [0.4, 0.5) is 14.9 Å². The number of hydrogen-bond acceptors (Lipinski definition) is 4. The molecule has 2 heterocycles. The van der Waals surface area contributed by atoms with Crippen LogP contribution in [0.15, 0.2) is 18.2 Å². The molecular formula is C15H18FIN4O2Si. The average molecular weight is 460 g/mol. The largest absolute Gasteiger partial charge is 0.444 e. The maximum absolute atomic E-state index is 13.7. The van der Waals surface area contributed by atoms with Gasteiger partial charge in [0.1, 0.15) is 20.0 Å². The van der Waals surface area contributed by atoms with Gasteiger partial charge in [-0.15, -0.1) is 0 Å².